The van der Waals surface area contributed by atoms with Gasteiger partial charge in [-0.1, -0.05) is 0 Å². The third kappa shape index (κ3) is 1.76. The van der Waals surface area contributed by atoms with Crippen LogP contribution in [0.4, 0.5) is 0 Å². The second-order valence-corrected chi connectivity index (χ2v) is 2.37. The molecule has 1 aromatic rings. The zero-order valence-electron chi connectivity index (χ0n) is 6.28. The number of rotatable bonds is 1. The van der Waals surface area contributed by atoms with E-state index in [2.05, 4.69) is 4.98 Å². The molecule has 0 aliphatic carbocycles. The van der Waals surface area contributed by atoms with Crippen LogP contribution in [0, 0.1) is 11.3 Å². The molecule has 0 amide bonds. The van der Waals surface area contributed by atoms with Gasteiger partial charge in [-0.25, -0.2) is 0 Å². The summed E-state index contributed by atoms with van der Waals surface area (Å²) in [5.41, 5.74) is 6.92. The van der Waals surface area contributed by atoms with Gasteiger partial charge in [-0.05, 0) is 19.1 Å². The Kier molecular flexibility index (Phi) is 2.19. The summed E-state index contributed by atoms with van der Waals surface area (Å²) in [4.78, 5) is 4.01. The third-order valence-corrected chi connectivity index (χ3v) is 1.38. The molecule has 0 radical (unpaired) electrons. The topological polar surface area (TPSA) is 62.7 Å². The number of nitrogens with two attached hydrogens (primary N) is 1. The van der Waals surface area contributed by atoms with Crippen LogP contribution in [0.5, 0.6) is 0 Å². The lowest BCUT2D eigenvalue weighted by Crippen LogP contribution is -2.06. The Morgan fingerprint density at radius 2 is 2.45 bits per heavy atom. The van der Waals surface area contributed by atoms with E-state index in [0.717, 1.165) is 5.69 Å². The summed E-state index contributed by atoms with van der Waals surface area (Å²) in [5, 5.41) is 8.53. The Morgan fingerprint density at radius 3 is 3.00 bits per heavy atom. The lowest BCUT2D eigenvalue weighted by Gasteiger charge is -2.02. The highest BCUT2D eigenvalue weighted by atomic mass is 14.7. The van der Waals surface area contributed by atoms with Crippen LogP contribution in [0.3, 0.4) is 0 Å². The van der Waals surface area contributed by atoms with Gasteiger partial charge in [0.1, 0.15) is 0 Å². The van der Waals surface area contributed by atoms with Gasteiger partial charge in [-0.2, -0.15) is 5.26 Å². The molecule has 3 heteroatoms. The molecule has 0 aliphatic heterocycles. The van der Waals surface area contributed by atoms with E-state index < -0.39 is 0 Å². The van der Waals surface area contributed by atoms with Crippen molar-refractivity contribution in [3.63, 3.8) is 0 Å². The van der Waals surface area contributed by atoms with Crippen LogP contribution in [-0.2, 0) is 0 Å². The molecule has 0 bridgehead atoms. The molecular weight excluding hydrogens is 138 g/mol. The minimum absolute atomic E-state index is 0.108. The summed E-state index contributed by atoms with van der Waals surface area (Å²) < 4.78 is 0. The number of hydrogen-bond donors (Lipinski definition) is 1. The van der Waals surface area contributed by atoms with Crippen molar-refractivity contribution in [2.24, 2.45) is 5.73 Å². The quantitative estimate of drug-likeness (QED) is 0.643. The number of nitrogens with zero attached hydrogens (tertiary/aromatic N) is 2. The Bertz CT molecular complexity index is 286. The fraction of sp³-hybridized carbons (Fsp3) is 0.250. The van der Waals surface area contributed by atoms with E-state index >= 15 is 0 Å². The average Bonchev–Trinajstić information content (AvgIpc) is 2.05. The highest BCUT2D eigenvalue weighted by Crippen LogP contribution is 2.06. The van der Waals surface area contributed by atoms with Crippen LogP contribution in [0.15, 0.2) is 18.3 Å². The van der Waals surface area contributed by atoms with E-state index in [1.807, 2.05) is 13.0 Å². The van der Waals surface area contributed by atoms with Gasteiger partial charge in [-0.3, -0.25) is 4.98 Å². The zero-order valence-corrected chi connectivity index (χ0v) is 6.28. The van der Waals surface area contributed by atoms with Crippen LogP contribution in [0.2, 0.25) is 0 Å². The Labute approximate surface area is 65.5 Å². The first kappa shape index (κ1) is 7.70. The molecule has 2 N–H and O–H groups in total. The normalized spacial score (nSPS) is 12.1. The number of aromatic nitrogens is 1. The summed E-state index contributed by atoms with van der Waals surface area (Å²) in [6.07, 6.45) is 1.59. The fourth-order valence-corrected chi connectivity index (χ4v) is 0.767. The molecular formula is C8H9N3. The van der Waals surface area contributed by atoms with Crippen LogP contribution in [0.1, 0.15) is 24.2 Å². The van der Waals surface area contributed by atoms with Crippen LogP contribution in [-0.4, -0.2) is 4.98 Å². The number of nitriles is 1. The predicted molar refractivity (Wildman–Crippen MR) is 41.6 cm³/mol. The van der Waals surface area contributed by atoms with Crippen molar-refractivity contribution in [2.45, 2.75) is 13.0 Å². The van der Waals surface area contributed by atoms with Crippen molar-refractivity contribution in [3.05, 3.63) is 29.6 Å². The first-order valence-electron chi connectivity index (χ1n) is 3.35. The van der Waals surface area contributed by atoms with Crippen molar-refractivity contribution < 1.29 is 0 Å². The predicted octanol–water partition coefficient (Wildman–Crippen LogP) is 0.973. The van der Waals surface area contributed by atoms with Gasteiger partial charge < -0.3 is 5.73 Å². The number of hydrogen-bond acceptors (Lipinski definition) is 3. The molecule has 0 aliphatic rings. The average molecular weight is 147 g/mol. The second-order valence-electron chi connectivity index (χ2n) is 2.37. The highest BCUT2D eigenvalue weighted by Gasteiger charge is 2.00. The molecule has 0 unspecified atom stereocenters. The SMILES string of the molecule is C[C@@H](N)c1cc(C#N)ccn1. The van der Waals surface area contributed by atoms with Crippen LogP contribution >= 0.6 is 0 Å². The molecule has 0 fully saturated rings. The Balaban J connectivity index is 3.03. The molecule has 11 heavy (non-hydrogen) atoms. The largest absolute Gasteiger partial charge is 0.323 e. The molecule has 1 atom stereocenters. The molecule has 1 rings (SSSR count). The number of pyridine rings is 1. The highest BCUT2D eigenvalue weighted by molar-refractivity contribution is 5.29. The van der Waals surface area contributed by atoms with Crippen LogP contribution in [0.25, 0.3) is 0 Å². The summed E-state index contributed by atoms with van der Waals surface area (Å²) in [5.74, 6) is 0. The van der Waals surface area contributed by atoms with E-state index in [4.69, 9.17) is 11.0 Å². The standard InChI is InChI=1S/C8H9N3/c1-6(10)8-4-7(5-9)2-3-11-8/h2-4,6H,10H2,1H3/t6-/m1/s1. The van der Waals surface area contributed by atoms with E-state index in [0.29, 0.717) is 5.56 Å². The van der Waals surface area contributed by atoms with Gasteiger partial charge in [0.15, 0.2) is 0 Å². The third-order valence-electron chi connectivity index (χ3n) is 1.38. The molecule has 0 aromatic carbocycles. The van der Waals surface area contributed by atoms with Gasteiger partial charge in [0.05, 0.1) is 17.3 Å². The molecule has 1 heterocycles. The summed E-state index contributed by atoms with van der Waals surface area (Å²) in [6.45, 7) is 1.84. The maximum Gasteiger partial charge on any atom is 0.0992 e. The maximum atomic E-state index is 8.53. The Hall–Kier alpha value is -1.40. The lowest BCUT2D eigenvalue weighted by molar-refractivity contribution is 0.780. The molecule has 0 spiro atoms. The van der Waals surface area contributed by atoms with Gasteiger partial charge in [-0.15, -0.1) is 0 Å². The monoisotopic (exact) mass is 147 g/mol. The van der Waals surface area contributed by atoms with Crippen molar-refractivity contribution in [3.8, 4) is 6.07 Å². The molecule has 56 valence electrons. The van der Waals surface area contributed by atoms with E-state index in [9.17, 15) is 0 Å². The second kappa shape index (κ2) is 3.13. The van der Waals surface area contributed by atoms with Crippen molar-refractivity contribution in [1.82, 2.24) is 4.98 Å². The molecule has 0 saturated heterocycles. The minimum atomic E-state index is -0.108. The maximum absolute atomic E-state index is 8.53. The van der Waals surface area contributed by atoms with Gasteiger partial charge in [0.2, 0.25) is 0 Å². The first-order valence-corrected chi connectivity index (χ1v) is 3.35. The molecule has 3 nitrogen and oxygen atoms in total. The lowest BCUT2D eigenvalue weighted by atomic mass is 10.2. The zero-order chi connectivity index (χ0) is 8.27. The van der Waals surface area contributed by atoms with E-state index in [-0.39, 0.29) is 6.04 Å². The van der Waals surface area contributed by atoms with Gasteiger partial charge >= 0.3 is 0 Å². The molecule has 0 saturated carbocycles. The molecule has 1 aromatic heterocycles. The Morgan fingerprint density at radius 1 is 1.73 bits per heavy atom. The summed E-state index contributed by atoms with van der Waals surface area (Å²) in [6, 6.07) is 5.28. The van der Waals surface area contributed by atoms with Crippen molar-refractivity contribution >= 4 is 0 Å². The van der Waals surface area contributed by atoms with Gasteiger partial charge in [0, 0.05) is 12.2 Å². The van der Waals surface area contributed by atoms with Gasteiger partial charge in [0.25, 0.3) is 0 Å². The smallest absolute Gasteiger partial charge is 0.0992 e. The minimum Gasteiger partial charge on any atom is -0.323 e. The fourth-order valence-electron chi connectivity index (χ4n) is 0.767. The van der Waals surface area contributed by atoms with Crippen LogP contribution < -0.4 is 5.73 Å². The first-order chi connectivity index (χ1) is 5.24. The van der Waals surface area contributed by atoms with Crippen molar-refractivity contribution in [1.29, 1.82) is 5.26 Å². The van der Waals surface area contributed by atoms with E-state index in [1.165, 1.54) is 0 Å². The van der Waals surface area contributed by atoms with Crippen molar-refractivity contribution in [2.75, 3.05) is 0 Å². The summed E-state index contributed by atoms with van der Waals surface area (Å²) in [7, 11) is 0. The summed E-state index contributed by atoms with van der Waals surface area (Å²) >= 11 is 0. The van der Waals surface area contributed by atoms with E-state index in [1.54, 1.807) is 18.3 Å².